The molecule has 0 aliphatic rings. The van der Waals surface area contributed by atoms with Gasteiger partial charge in [-0.3, -0.25) is 4.79 Å². The Morgan fingerprint density at radius 1 is 1.00 bits per heavy atom. The number of benzene rings is 2. The zero-order valence-corrected chi connectivity index (χ0v) is 14.5. The van der Waals surface area contributed by atoms with Crippen LogP contribution in [0.1, 0.15) is 10.4 Å². The Kier molecular flexibility index (Phi) is 6.86. The van der Waals surface area contributed by atoms with Crippen molar-refractivity contribution < 1.29 is 19.1 Å². The second-order valence-corrected chi connectivity index (χ2v) is 5.73. The van der Waals surface area contributed by atoms with Gasteiger partial charge in [0.1, 0.15) is 12.4 Å². The molecular weight excluding hydrogens is 409 g/mol. The lowest BCUT2D eigenvalue weighted by atomic mass is 10.2. The van der Waals surface area contributed by atoms with E-state index in [2.05, 4.69) is 5.32 Å². The van der Waals surface area contributed by atoms with E-state index in [1.807, 2.05) is 59.0 Å². The normalized spacial score (nSPS) is 9.96. The van der Waals surface area contributed by atoms with E-state index in [9.17, 15) is 9.59 Å². The number of amides is 1. The van der Waals surface area contributed by atoms with Crippen molar-refractivity contribution in [3.63, 3.8) is 0 Å². The molecule has 2 rings (SSSR count). The highest BCUT2D eigenvalue weighted by atomic mass is 127. The lowest BCUT2D eigenvalue weighted by Crippen LogP contribution is -2.32. The molecule has 6 heteroatoms. The molecule has 0 fully saturated rings. The molecule has 0 aromatic heterocycles. The van der Waals surface area contributed by atoms with Crippen LogP contribution >= 0.6 is 22.6 Å². The highest BCUT2D eigenvalue weighted by Crippen LogP contribution is 2.12. The van der Waals surface area contributed by atoms with Crippen LogP contribution < -0.4 is 10.1 Å². The number of carbonyl (C=O) groups is 2. The van der Waals surface area contributed by atoms with Gasteiger partial charge in [-0.15, -0.1) is 0 Å². The first kappa shape index (κ1) is 17.3. The summed E-state index contributed by atoms with van der Waals surface area (Å²) in [5.74, 6) is -0.126. The summed E-state index contributed by atoms with van der Waals surface area (Å²) in [6, 6.07) is 16.4. The van der Waals surface area contributed by atoms with Crippen LogP contribution in [0.15, 0.2) is 54.6 Å². The van der Waals surface area contributed by atoms with Crippen molar-refractivity contribution in [3.8, 4) is 5.75 Å². The average molecular weight is 425 g/mol. The van der Waals surface area contributed by atoms with Crippen molar-refractivity contribution in [1.82, 2.24) is 5.32 Å². The highest BCUT2D eigenvalue weighted by Gasteiger charge is 2.12. The molecule has 0 aliphatic carbocycles. The first-order valence-electron chi connectivity index (χ1n) is 7.03. The van der Waals surface area contributed by atoms with Gasteiger partial charge < -0.3 is 14.8 Å². The molecule has 0 bridgehead atoms. The minimum absolute atomic E-state index is 0.310. The van der Waals surface area contributed by atoms with Gasteiger partial charge >= 0.3 is 5.97 Å². The van der Waals surface area contributed by atoms with Crippen molar-refractivity contribution in [1.29, 1.82) is 0 Å². The average Bonchev–Trinajstić information content (AvgIpc) is 2.58. The molecule has 0 atom stereocenters. The molecule has 1 N–H and O–H groups in total. The van der Waals surface area contributed by atoms with Gasteiger partial charge in [-0.1, -0.05) is 30.3 Å². The maximum absolute atomic E-state index is 11.9. The molecule has 0 saturated carbocycles. The van der Waals surface area contributed by atoms with Crippen molar-refractivity contribution in [2.75, 3.05) is 19.8 Å². The fraction of sp³-hybridized carbons (Fsp3) is 0.176. The second kappa shape index (κ2) is 9.14. The van der Waals surface area contributed by atoms with Gasteiger partial charge in [0.2, 0.25) is 0 Å². The Bertz CT molecular complexity index is 661. The number of ether oxygens (including phenoxy) is 2. The predicted molar refractivity (Wildman–Crippen MR) is 94.4 cm³/mol. The van der Waals surface area contributed by atoms with Crippen molar-refractivity contribution in [3.05, 3.63) is 63.7 Å². The Morgan fingerprint density at radius 2 is 1.70 bits per heavy atom. The van der Waals surface area contributed by atoms with Gasteiger partial charge in [0.05, 0.1) is 12.1 Å². The van der Waals surface area contributed by atoms with E-state index in [4.69, 9.17) is 9.47 Å². The summed E-state index contributed by atoms with van der Waals surface area (Å²) in [7, 11) is 0. The van der Waals surface area contributed by atoms with E-state index in [-0.39, 0.29) is 12.5 Å². The summed E-state index contributed by atoms with van der Waals surface area (Å²) >= 11 is 2.05. The number of hydrogen-bond acceptors (Lipinski definition) is 4. The minimum Gasteiger partial charge on any atom is -0.492 e. The zero-order valence-electron chi connectivity index (χ0n) is 12.3. The standard InChI is InChI=1S/C17H16INO4/c18-15-9-5-4-8-14(15)17(21)23-12-16(20)19-10-11-22-13-6-2-1-3-7-13/h1-9H,10-12H2,(H,19,20). The molecule has 23 heavy (non-hydrogen) atoms. The molecule has 0 radical (unpaired) electrons. The number of para-hydroxylation sites is 1. The molecular formula is C17H16INO4. The molecule has 0 saturated heterocycles. The number of carbonyl (C=O) groups excluding carboxylic acids is 2. The SMILES string of the molecule is O=C(COC(=O)c1ccccc1I)NCCOc1ccccc1. The van der Waals surface area contributed by atoms with Crippen LogP contribution in [0.3, 0.4) is 0 Å². The summed E-state index contributed by atoms with van der Waals surface area (Å²) in [6.07, 6.45) is 0. The van der Waals surface area contributed by atoms with E-state index in [0.29, 0.717) is 18.7 Å². The van der Waals surface area contributed by atoms with Crippen molar-refractivity contribution in [2.45, 2.75) is 0 Å². The second-order valence-electron chi connectivity index (χ2n) is 4.57. The lowest BCUT2D eigenvalue weighted by Gasteiger charge is -2.08. The van der Waals surface area contributed by atoms with Crippen LogP contribution in [-0.4, -0.2) is 31.6 Å². The fourth-order valence-corrected chi connectivity index (χ4v) is 2.37. The fourth-order valence-electron chi connectivity index (χ4n) is 1.76. The van der Waals surface area contributed by atoms with E-state index in [1.54, 1.807) is 18.2 Å². The topological polar surface area (TPSA) is 64.6 Å². The van der Waals surface area contributed by atoms with Crippen LogP contribution in [0.4, 0.5) is 0 Å². The van der Waals surface area contributed by atoms with Crippen LogP contribution in [0.25, 0.3) is 0 Å². The molecule has 0 spiro atoms. The summed E-state index contributed by atoms with van der Waals surface area (Å²) in [5.41, 5.74) is 0.452. The number of hydrogen-bond donors (Lipinski definition) is 1. The number of esters is 1. The van der Waals surface area contributed by atoms with Crippen LogP contribution in [0.5, 0.6) is 5.75 Å². The Labute approximate surface area is 148 Å². The van der Waals surface area contributed by atoms with Gasteiger partial charge in [-0.2, -0.15) is 0 Å². The zero-order chi connectivity index (χ0) is 16.5. The maximum atomic E-state index is 11.9. The Balaban J connectivity index is 1.65. The van der Waals surface area contributed by atoms with E-state index in [0.717, 1.165) is 9.32 Å². The summed E-state index contributed by atoms with van der Waals surface area (Å²) in [6.45, 7) is 0.379. The molecule has 5 nitrogen and oxygen atoms in total. The molecule has 2 aromatic rings. The van der Waals surface area contributed by atoms with E-state index >= 15 is 0 Å². The third-order valence-electron chi connectivity index (χ3n) is 2.86. The molecule has 0 aliphatic heterocycles. The van der Waals surface area contributed by atoms with Crippen LogP contribution in [0, 0.1) is 3.57 Å². The van der Waals surface area contributed by atoms with E-state index in [1.165, 1.54) is 0 Å². The first-order valence-corrected chi connectivity index (χ1v) is 8.11. The first-order chi connectivity index (χ1) is 11.2. The maximum Gasteiger partial charge on any atom is 0.339 e. The molecule has 1 amide bonds. The van der Waals surface area contributed by atoms with Gasteiger partial charge in [0, 0.05) is 3.57 Å². The van der Waals surface area contributed by atoms with Crippen molar-refractivity contribution in [2.24, 2.45) is 0 Å². The molecule has 2 aromatic carbocycles. The number of halogens is 1. The van der Waals surface area contributed by atoms with Crippen molar-refractivity contribution >= 4 is 34.5 Å². The largest absolute Gasteiger partial charge is 0.492 e. The summed E-state index contributed by atoms with van der Waals surface area (Å²) < 4.78 is 11.2. The lowest BCUT2D eigenvalue weighted by molar-refractivity contribution is -0.124. The quantitative estimate of drug-likeness (QED) is 0.421. The Morgan fingerprint density at radius 3 is 2.43 bits per heavy atom. The minimum atomic E-state index is -0.509. The van der Waals surface area contributed by atoms with Gasteiger partial charge in [-0.05, 0) is 46.9 Å². The Hall–Kier alpha value is -2.09. The summed E-state index contributed by atoms with van der Waals surface area (Å²) in [4.78, 5) is 23.5. The van der Waals surface area contributed by atoms with Crippen LogP contribution in [-0.2, 0) is 9.53 Å². The molecule has 0 unspecified atom stereocenters. The molecule has 0 heterocycles. The third-order valence-corrected chi connectivity index (χ3v) is 3.80. The summed E-state index contributed by atoms with van der Waals surface area (Å²) in [5, 5.41) is 2.63. The van der Waals surface area contributed by atoms with Gasteiger partial charge in [0.25, 0.3) is 5.91 Å². The van der Waals surface area contributed by atoms with Gasteiger partial charge in [0.15, 0.2) is 6.61 Å². The van der Waals surface area contributed by atoms with Gasteiger partial charge in [-0.25, -0.2) is 4.79 Å². The smallest absolute Gasteiger partial charge is 0.339 e. The third kappa shape index (κ3) is 5.90. The van der Waals surface area contributed by atoms with E-state index < -0.39 is 5.97 Å². The number of nitrogens with one attached hydrogen (secondary N) is 1. The highest BCUT2D eigenvalue weighted by molar-refractivity contribution is 14.1. The predicted octanol–water partition coefficient (Wildman–Crippen LogP) is 2.64. The van der Waals surface area contributed by atoms with Crippen LogP contribution in [0.2, 0.25) is 0 Å². The molecule has 120 valence electrons. The number of rotatable bonds is 7. The monoisotopic (exact) mass is 425 g/mol.